The highest BCUT2D eigenvalue weighted by Gasteiger charge is 2.03. The third-order valence-electron chi connectivity index (χ3n) is 1.90. The number of rotatable bonds is 8. The van der Waals surface area contributed by atoms with Crippen LogP contribution in [0.3, 0.4) is 0 Å². The van der Waals surface area contributed by atoms with Gasteiger partial charge in [-0.15, -0.1) is 0 Å². The van der Waals surface area contributed by atoms with Crippen molar-refractivity contribution in [2.75, 3.05) is 12.4 Å². The van der Waals surface area contributed by atoms with E-state index in [1.54, 1.807) is 0 Å². The number of unbranched alkanes of at least 4 members (excludes halogenated alkanes) is 1. The molecule has 0 aliphatic carbocycles. The number of esters is 1. The van der Waals surface area contributed by atoms with E-state index in [0.717, 1.165) is 6.42 Å². The molecule has 5 heteroatoms. The van der Waals surface area contributed by atoms with Gasteiger partial charge in [-0.2, -0.15) is 0 Å². The van der Waals surface area contributed by atoms with Gasteiger partial charge in [0.25, 0.3) is 0 Å². The van der Waals surface area contributed by atoms with Gasteiger partial charge in [-0.25, -0.2) is 0 Å². The molecule has 0 bridgehead atoms. The molecule has 0 N–H and O–H groups in total. The fourth-order valence-electron chi connectivity index (χ4n) is 0.970. The van der Waals surface area contributed by atoms with Gasteiger partial charge in [-0.3, -0.25) is 9.00 Å². The molecular weight excluding hydrogens is 216 g/mol. The van der Waals surface area contributed by atoms with Crippen molar-refractivity contribution in [2.45, 2.75) is 39.5 Å². The van der Waals surface area contributed by atoms with Gasteiger partial charge in [0.1, 0.15) is 0 Å². The van der Waals surface area contributed by atoms with Crippen molar-refractivity contribution in [2.24, 2.45) is 5.92 Å². The third-order valence-corrected chi connectivity index (χ3v) is 2.52. The highest BCUT2D eigenvalue weighted by atomic mass is 32.2. The first-order valence-corrected chi connectivity index (χ1v) is 6.48. The van der Waals surface area contributed by atoms with Gasteiger partial charge in [0, 0.05) is 12.2 Å². The Kier molecular flexibility index (Phi) is 8.61. The summed E-state index contributed by atoms with van der Waals surface area (Å²) in [5.41, 5.74) is 0. The van der Waals surface area contributed by atoms with Crippen LogP contribution in [0.15, 0.2) is 0 Å². The van der Waals surface area contributed by atoms with Crippen LogP contribution in [0.25, 0.3) is 0 Å². The van der Waals surface area contributed by atoms with E-state index in [-0.39, 0.29) is 11.7 Å². The molecule has 0 saturated heterocycles. The van der Waals surface area contributed by atoms with Gasteiger partial charge in [0.2, 0.25) is 0 Å². The summed E-state index contributed by atoms with van der Waals surface area (Å²) in [6, 6.07) is 0. The van der Waals surface area contributed by atoms with Crippen LogP contribution < -0.4 is 0 Å². The van der Waals surface area contributed by atoms with Crippen LogP contribution >= 0.6 is 0 Å². The van der Waals surface area contributed by atoms with Crippen LogP contribution in [0, 0.1) is 5.92 Å². The Morgan fingerprint density at radius 1 is 1.40 bits per heavy atom. The molecule has 0 rings (SSSR count). The Morgan fingerprint density at radius 2 is 2.07 bits per heavy atom. The summed E-state index contributed by atoms with van der Waals surface area (Å²) >= 11 is -1.99. The molecule has 0 saturated carbocycles. The van der Waals surface area contributed by atoms with Crippen molar-refractivity contribution in [1.82, 2.24) is 0 Å². The number of carbonyl (C=O) groups excluding carboxylic acids is 1. The predicted octanol–water partition coefficient (Wildman–Crippen LogP) is 1.63. The molecule has 0 aromatic rings. The van der Waals surface area contributed by atoms with Crippen LogP contribution in [-0.4, -0.2) is 27.1 Å². The van der Waals surface area contributed by atoms with Crippen molar-refractivity contribution in [3.8, 4) is 0 Å². The molecule has 1 unspecified atom stereocenters. The standard InChI is InChI=1S/C10H20O4S/c1-9(2)6-7-14-10(11)5-3-4-8-15(12)13/h9H,3-8H2,1-2H3,(H,12,13)/p-1. The minimum absolute atomic E-state index is 0.124. The third kappa shape index (κ3) is 11.5. The maximum Gasteiger partial charge on any atom is 0.305 e. The van der Waals surface area contributed by atoms with E-state index in [4.69, 9.17) is 4.74 Å². The Balaban J connectivity index is 3.30. The molecule has 0 heterocycles. The summed E-state index contributed by atoms with van der Waals surface area (Å²) in [5.74, 6) is 0.423. The lowest BCUT2D eigenvalue weighted by molar-refractivity contribution is -0.144. The maximum atomic E-state index is 11.1. The predicted molar refractivity (Wildman–Crippen MR) is 58.1 cm³/mol. The minimum atomic E-state index is -1.99. The molecule has 0 aromatic heterocycles. The van der Waals surface area contributed by atoms with E-state index in [2.05, 4.69) is 13.8 Å². The van der Waals surface area contributed by atoms with Gasteiger partial charge in [0.15, 0.2) is 0 Å². The summed E-state index contributed by atoms with van der Waals surface area (Å²) in [6.07, 6.45) is 2.29. The zero-order chi connectivity index (χ0) is 11.7. The number of hydrogen-bond acceptors (Lipinski definition) is 4. The quantitative estimate of drug-likeness (QED) is 0.364. The van der Waals surface area contributed by atoms with Crippen molar-refractivity contribution in [3.63, 3.8) is 0 Å². The van der Waals surface area contributed by atoms with E-state index in [1.165, 1.54) is 0 Å². The van der Waals surface area contributed by atoms with Gasteiger partial charge >= 0.3 is 5.97 Å². The van der Waals surface area contributed by atoms with E-state index < -0.39 is 11.1 Å². The first-order valence-electron chi connectivity index (χ1n) is 5.24. The molecule has 90 valence electrons. The van der Waals surface area contributed by atoms with Crippen LogP contribution in [0.4, 0.5) is 0 Å². The lowest BCUT2D eigenvalue weighted by atomic mass is 10.1. The van der Waals surface area contributed by atoms with E-state index in [9.17, 15) is 13.6 Å². The summed E-state index contributed by atoms with van der Waals surface area (Å²) < 4.78 is 25.3. The van der Waals surface area contributed by atoms with Crippen LogP contribution in [0.2, 0.25) is 0 Å². The van der Waals surface area contributed by atoms with Crippen molar-refractivity contribution in [3.05, 3.63) is 0 Å². The van der Waals surface area contributed by atoms with Gasteiger partial charge in [0.05, 0.1) is 6.61 Å². The van der Waals surface area contributed by atoms with E-state index in [1.807, 2.05) is 0 Å². The van der Waals surface area contributed by atoms with Crippen molar-refractivity contribution >= 4 is 17.0 Å². The van der Waals surface area contributed by atoms with Crippen LogP contribution in [-0.2, 0) is 20.6 Å². The number of carbonyl (C=O) groups is 1. The minimum Gasteiger partial charge on any atom is -0.772 e. The topological polar surface area (TPSA) is 66.4 Å². The molecular formula is C10H19O4S-. The molecule has 4 nitrogen and oxygen atoms in total. The van der Waals surface area contributed by atoms with Gasteiger partial charge in [-0.05, 0) is 25.2 Å². The number of ether oxygens (including phenoxy) is 1. The van der Waals surface area contributed by atoms with Crippen LogP contribution in [0.1, 0.15) is 39.5 Å². The van der Waals surface area contributed by atoms with Crippen molar-refractivity contribution < 1.29 is 18.3 Å². The maximum absolute atomic E-state index is 11.1. The Bertz CT molecular complexity index is 204. The zero-order valence-corrected chi connectivity index (χ0v) is 10.2. The molecule has 0 spiro atoms. The normalized spacial score (nSPS) is 12.8. The number of hydrogen-bond donors (Lipinski definition) is 0. The monoisotopic (exact) mass is 235 g/mol. The average molecular weight is 235 g/mol. The molecule has 0 amide bonds. The smallest absolute Gasteiger partial charge is 0.305 e. The van der Waals surface area contributed by atoms with E-state index >= 15 is 0 Å². The highest BCUT2D eigenvalue weighted by Crippen LogP contribution is 2.02. The fraction of sp³-hybridized carbons (Fsp3) is 0.900. The molecule has 0 aromatic carbocycles. The molecule has 0 aliphatic rings. The first-order chi connectivity index (χ1) is 7.02. The van der Waals surface area contributed by atoms with E-state index in [0.29, 0.717) is 31.8 Å². The molecule has 15 heavy (non-hydrogen) atoms. The molecule has 0 radical (unpaired) electrons. The average Bonchev–Trinajstić information content (AvgIpc) is 2.11. The van der Waals surface area contributed by atoms with Crippen LogP contribution in [0.5, 0.6) is 0 Å². The second-order valence-corrected chi connectivity index (χ2v) is 4.88. The zero-order valence-electron chi connectivity index (χ0n) is 9.36. The lowest BCUT2D eigenvalue weighted by Gasteiger charge is -2.07. The summed E-state index contributed by atoms with van der Waals surface area (Å²) in [6.45, 7) is 4.60. The summed E-state index contributed by atoms with van der Waals surface area (Å²) in [7, 11) is 0. The van der Waals surface area contributed by atoms with Gasteiger partial charge < -0.3 is 9.29 Å². The highest BCUT2D eigenvalue weighted by molar-refractivity contribution is 7.79. The lowest BCUT2D eigenvalue weighted by Crippen LogP contribution is -2.08. The largest absolute Gasteiger partial charge is 0.772 e. The Morgan fingerprint density at radius 3 is 2.60 bits per heavy atom. The van der Waals surface area contributed by atoms with Gasteiger partial charge in [-0.1, -0.05) is 24.9 Å². The Hall–Kier alpha value is -0.420. The molecule has 1 atom stereocenters. The second-order valence-electron chi connectivity index (χ2n) is 3.87. The Labute approximate surface area is 93.7 Å². The fourth-order valence-corrected chi connectivity index (χ4v) is 1.41. The molecule has 0 fully saturated rings. The summed E-state index contributed by atoms with van der Waals surface area (Å²) in [5, 5.41) is 0. The summed E-state index contributed by atoms with van der Waals surface area (Å²) in [4.78, 5) is 11.1. The molecule has 0 aliphatic heterocycles. The van der Waals surface area contributed by atoms with Crippen molar-refractivity contribution in [1.29, 1.82) is 0 Å². The first kappa shape index (κ1) is 14.6. The second kappa shape index (κ2) is 8.85. The SMILES string of the molecule is CC(C)CCOC(=O)CCCCS(=O)[O-].